The maximum atomic E-state index is 13.3. The number of allylic oxidation sites excluding steroid dienone is 1. The summed E-state index contributed by atoms with van der Waals surface area (Å²) in [4.78, 5) is 64.6. The number of carboxylic acid groups (broad SMARTS) is 1. The third-order valence-corrected chi connectivity index (χ3v) is 8.65. The van der Waals surface area contributed by atoms with E-state index in [9.17, 15) is 24.3 Å². The normalized spacial score (nSPS) is 23.0. The number of thiazole rings is 1. The monoisotopic (exact) mass is 622 g/mol. The summed E-state index contributed by atoms with van der Waals surface area (Å²) in [6.07, 6.45) is 5.23. The number of nitrogens with zero attached hydrogens (tertiary/aromatic N) is 4. The van der Waals surface area contributed by atoms with Crippen molar-refractivity contribution in [2.75, 3.05) is 30.9 Å². The maximum absolute atomic E-state index is 13.3. The number of amides is 3. The number of ether oxygens (including phenoxy) is 2. The van der Waals surface area contributed by atoms with Crippen molar-refractivity contribution in [3.63, 3.8) is 0 Å². The van der Waals surface area contributed by atoms with E-state index < -0.39 is 35.6 Å². The molecule has 2 aromatic rings. The first-order chi connectivity index (χ1) is 21.3. The number of carboxylic acids is 1. The second kappa shape index (κ2) is 12.0. The molecule has 0 radical (unpaired) electrons. The highest BCUT2D eigenvalue weighted by atomic mass is 32.1. The second-order valence-electron chi connectivity index (χ2n) is 10.6. The van der Waals surface area contributed by atoms with Gasteiger partial charge in [-0.15, -0.1) is 11.3 Å². The van der Waals surface area contributed by atoms with Crippen LogP contribution in [0.2, 0.25) is 0 Å². The lowest BCUT2D eigenvalue weighted by Crippen LogP contribution is -2.73. The number of oxime groups is 1. The van der Waals surface area contributed by atoms with Crippen molar-refractivity contribution >= 4 is 51.6 Å². The number of hydrogen-bond acceptors (Lipinski definition) is 11. The minimum Gasteiger partial charge on any atom is -0.495 e. The number of nitrogens with one attached hydrogen (secondary N) is 1. The van der Waals surface area contributed by atoms with Crippen molar-refractivity contribution in [3.05, 3.63) is 58.4 Å². The van der Waals surface area contributed by atoms with Crippen LogP contribution in [0.4, 0.5) is 10.8 Å². The molecule has 4 aliphatic rings. The van der Waals surface area contributed by atoms with E-state index in [1.165, 1.54) is 13.2 Å². The van der Waals surface area contributed by atoms with Crippen LogP contribution in [0.25, 0.3) is 0 Å². The molecule has 0 unspecified atom stereocenters. The van der Waals surface area contributed by atoms with Gasteiger partial charge >= 0.3 is 5.97 Å². The number of nitrogens with two attached hydrogens (primary N) is 1. The SMILES string of the molecule is COc1ccccc1N1CC/C(=C\C2=C(C(=O)O)N3C(=O)[C@@H](NC(=O)/C(=N\OC4CCCC4)c4csc(N)n4)[C@H]3CO2)C1=O. The van der Waals surface area contributed by atoms with Crippen LogP contribution >= 0.6 is 11.3 Å². The van der Waals surface area contributed by atoms with Gasteiger partial charge in [-0.2, -0.15) is 0 Å². The molecular formula is C29H30N6O8S. The lowest BCUT2D eigenvalue weighted by Gasteiger charge is -2.49. The number of fused-ring (bicyclic) bond motifs is 1. The zero-order chi connectivity index (χ0) is 31.0. The molecule has 1 aromatic carbocycles. The van der Waals surface area contributed by atoms with E-state index >= 15 is 0 Å². The van der Waals surface area contributed by atoms with Crippen molar-refractivity contribution in [2.45, 2.75) is 50.3 Å². The zero-order valence-electron chi connectivity index (χ0n) is 23.7. The molecule has 4 heterocycles. The Morgan fingerprint density at radius 3 is 2.73 bits per heavy atom. The molecule has 1 aromatic heterocycles. The third-order valence-electron chi connectivity index (χ3n) is 7.97. The highest BCUT2D eigenvalue weighted by Crippen LogP contribution is 2.36. The van der Waals surface area contributed by atoms with Crippen LogP contribution in [-0.4, -0.2) is 82.8 Å². The predicted octanol–water partition coefficient (Wildman–Crippen LogP) is 1.78. The van der Waals surface area contributed by atoms with Gasteiger partial charge in [0.15, 0.2) is 22.3 Å². The summed E-state index contributed by atoms with van der Waals surface area (Å²) >= 11 is 1.13. The number of methoxy groups -OCH3 is 1. The van der Waals surface area contributed by atoms with Gasteiger partial charge in [0.1, 0.15) is 36.2 Å². The number of nitrogen functional groups attached to an aromatic ring is 1. The van der Waals surface area contributed by atoms with E-state index in [0.29, 0.717) is 30.0 Å². The van der Waals surface area contributed by atoms with Crippen LogP contribution < -0.4 is 20.7 Å². The van der Waals surface area contributed by atoms with Gasteiger partial charge in [0.2, 0.25) is 0 Å². The molecule has 44 heavy (non-hydrogen) atoms. The molecule has 6 rings (SSSR count). The first-order valence-electron chi connectivity index (χ1n) is 14.1. The fraction of sp³-hybridized carbons (Fsp3) is 0.379. The standard InChI is InChI=1S/C29H30N6O8S/c1-41-20-9-5-4-8-18(20)34-11-10-15(26(34)37)12-21-24(28(39)40)35-19(13-42-21)23(27(35)38)32-25(36)22(17-14-44-29(30)31-17)33-43-16-6-2-3-7-16/h4-5,8-9,12,14,16,19,23H,2-3,6-7,10-11,13H2,1H3,(H2,30,31)(H,32,36)(H,39,40)/b15-12+,33-22-/t19-,23+/m1/s1. The Balaban J connectivity index is 1.20. The first-order valence-corrected chi connectivity index (χ1v) is 15.0. The fourth-order valence-corrected chi connectivity index (χ4v) is 6.30. The zero-order valence-corrected chi connectivity index (χ0v) is 24.5. The van der Waals surface area contributed by atoms with Gasteiger partial charge in [-0.25, -0.2) is 9.78 Å². The number of aromatic nitrogens is 1. The molecule has 4 N–H and O–H groups in total. The van der Waals surface area contributed by atoms with Crippen LogP contribution in [0.5, 0.6) is 5.75 Å². The Hall–Kier alpha value is -4.92. The van der Waals surface area contributed by atoms with Gasteiger partial charge in [0.25, 0.3) is 17.7 Å². The molecule has 15 heteroatoms. The van der Waals surface area contributed by atoms with Gasteiger partial charge in [-0.3, -0.25) is 19.3 Å². The summed E-state index contributed by atoms with van der Waals surface area (Å²) in [7, 11) is 1.51. The number of hydrogen-bond donors (Lipinski definition) is 3. The molecule has 1 aliphatic carbocycles. The molecule has 0 spiro atoms. The molecule has 230 valence electrons. The van der Waals surface area contributed by atoms with Gasteiger partial charge in [0, 0.05) is 17.5 Å². The Morgan fingerprint density at radius 1 is 1.25 bits per heavy atom. The summed E-state index contributed by atoms with van der Waals surface area (Å²) < 4.78 is 11.2. The molecule has 0 bridgehead atoms. The predicted molar refractivity (Wildman–Crippen MR) is 158 cm³/mol. The summed E-state index contributed by atoms with van der Waals surface area (Å²) in [5.74, 6) is -2.67. The van der Waals surface area contributed by atoms with Gasteiger partial charge < -0.3 is 35.4 Å². The van der Waals surface area contributed by atoms with Gasteiger partial charge in [-0.05, 0) is 50.3 Å². The summed E-state index contributed by atoms with van der Waals surface area (Å²) in [6.45, 7) is 0.255. The number of rotatable bonds is 9. The summed E-state index contributed by atoms with van der Waals surface area (Å²) in [5, 5.41) is 18.6. The maximum Gasteiger partial charge on any atom is 0.356 e. The Morgan fingerprint density at radius 2 is 2.02 bits per heavy atom. The molecule has 2 saturated heterocycles. The highest BCUT2D eigenvalue weighted by molar-refractivity contribution is 7.13. The van der Waals surface area contributed by atoms with Crippen molar-refractivity contribution in [1.29, 1.82) is 0 Å². The van der Waals surface area contributed by atoms with E-state index in [0.717, 1.165) is 41.9 Å². The molecule has 14 nitrogen and oxygen atoms in total. The number of aliphatic carboxylic acids is 1. The molecule has 2 atom stereocenters. The Kier molecular flexibility index (Phi) is 7.95. The van der Waals surface area contributed by atoms with Crippen molar-refractivity contribution in [2.24, 2.45) is 5.16 Å². The fourth-order valence-electron chi connectivity index (χ4n) is 5.75. The molecule has 1 saturated carbocycles. The van der Waals surface area contributed by atoms with Crippen LogP contribution in [0.15, 0.2) is 57.9 Å². The summed E-state index contributed by atoms with van der Waals surface area (Å²) in [5.41, 5.74) is 6.35. The van der Waals surface area contributed by atoms with Crippen molar-refractivity contribution < 1.29 is 38.6 Å². The minimum absolute atomic E-state index is 0.105. The Bertz CT molecular complexity index is 1610. The number of carbonyl (C=O) groups excluding carboxylic acids is 3. The van der Waals surface area contributed by atoms with E-state index in [1.54, 1.807) is 34.5 Å². The molecule has 3 aliphatic heterocycles. The number of β-lactam (4-membered cyclic amide) rings is 1. The number of carbonyl (C=O) groups is 4. The second-order valence-corrected chi connectivity index (χ2v) is 11.5. The average Bonchev–Trinajstić information content (AvgIpc) is 3.78. The van der Waals surface area contributed by atoms with Crippen molar-refractivity contribution in [1.82, 2.24) is 15.2 Å². The topological polar surface area (TPSA) is 186 Å². The van der Waals surface area contributed by atoms with Crippen LogP contribution in [0, 0.1) is 0 Å². The molecular weight excluding hydrogens is 592 g/mol. The van der Waals surface area contributed by atoms with Crippen LogP contribution in [-0.2, 0) is 28.8 Å². The lowest BCUT2D eigenvalue weighted by molar-refractivity contribution is -0.159. The largest absolute Gasteiger partial charge is 0.495 e. The van der Waals surface area contributed by atoms with Gasteiger partial charge in [-0.1, -0.05) is 17.3 Å². The smallest absolute Gasteiger partial charge is 0.356 e. The van der Waals surface area contributed by atoms with E-state index in [2.05, 4.69) is 15.5 Å². The lowest BCUT2D eigenvalue weighted by atomic mass is 9.92. The Labute approximate surface area is 255 Å². The highest BCUT2D eigenvalue weighted by Gasteiger charge is 2.55. The minimum atomic E-state index is -1.41. The first kappa shape index (κ1) is 29.2. The number of anilines is 2. The van der Waals surface area contributed by atoms with E-state index in [4.69, 9.17) is 20.0 Å². The number of benzene rings is 1. The molecule has 3 amide bonds. The number of para-hydroxylation sites is 2. The third kappa shape index (κ3) is 5.34. The quantitative estimate of drug-likeness (QED) is 0.161. The van der Waals surface area contributed by atoms with Crippen LogP contribution in [0.1, 0.15) is 37.8 Å². The molecule has 3 fully saturated rings. The van der Waals surface area contributed by atoms with Crippen molar-refractivity contribution in [3.8, 4) is 5.75 Å². The van der Waals surface area contributed by atoms with E-state index in [1.807, 2.05) is 0 Å². The van der Waals surface area contributed by atoms with E-state index in [-0.39, 0.29) is 40.9 Å². The van der Waals surface area contributed by atoms with Gasteiger partial charge in [0.05, 0.1) is 12.8 Å². The van der Waals surface area contributed by atoms with Crippen LogP contribution in [0.3, 0.4) is 0 Å². The average molecular weight is 623 g/mol. The summed E-state index contributed by atoms with van der Waals surface area (Å²) in [6, 6.07) is 5.22.